The van der Waals surface area contributed by atoms with E-state index >= 15 is 0 Å². The lowest BCUT2D eigenvalue weighted by molar-refractivity contribution is -0.358. The van der Waals surface area contributed by atoms with Gasteiger partial charge in [0.2, 0.25) is 0 Å². The van der Waals surface area contributed by atoms with Crippen molar-refractivity contribution in [2.45, 2.75) is 86.8 Å². The van der Waals surface area contributed by atoms with Gasteiger partial charge in [-0.3, -0.25) is 9.59 Å². The minimum Gasteiger partial charge on any atom is -0.481 e. The summed E-state index contributed by atoms with van der Waals surface area (Å²) in [5, 5.41) is 80.7. The van der Waals surface area contributed by atoms with E-state index in [0.29, 0.717) is 0 Å². The molecule has 0 aliphatic carbocycles. The van der Waals surface area contributed by atoms with E-state index in [1.54, 1.807) is 12.2 Å². The molecule has 15 nitrogen and oxygen atoms in total. The second kappa shape index (κ2) is 15.3. The normalized spacial score (nSPS) is 35.0. The zero-order chi connectivity index (χ0) is 31.0. The number of carboxylic acid groups (broad SMARTS) is 1. The van der Waals surface area contributed by atoms with Crippen LogP contribution in [0.25, 0.3) is 6.08 Å². The Morgan fingerprint density at radius 3 is 2.19 bits per heavy atom. The van der Waals surface area contributed by atoms with Crippen LogP contribution in [0.4, 0.5) is 0 Å². The fraction of sp³-hybridized carbons (Fsp3) is 0.630. The number of rotatable bonds is 13. The maximum atomic E-state index is 12.4. The molecule has 0 aromatic heterocycles. The molecule has 1 aromatic carbocycles. The molecule has 2 fully saturated rings. The monoisotopic (exact) mass is 602 g/mol. The van der Waals surface area contributed by atoms with E-state index in [1.165, 1.54) is 0 Å². The van der Waals surface area contributed by atoms with Crippen LogP contribution < -0.4 is 0 Å². The number of hydrogen-bond acceptors (Lipinski definition) is 14. The molecule has 3 rings (SSSR count). The Morgan fingerprint density at radius 1 is 0.905 bits per heavy atom. The number of benzene rings is 1. The van der Waals surface area contributed by atoms with Crippen LogP contribution in [0.3, 0.4) is 0 Å². The lowest BCUT2D eigenvalue weighted by atomic mass is 9.97. The number of carboxylic acids is 1. The molecule has 0 saturated carbocycles. The standard InChI is InChI=1S/C27H38O15/c1-27(37,10-17(29)30)11-18(31)39-13-16-24(42-26-22(35)20(33)19(32)15(12-28)40-26)21(34)23(36)25(41-16)38-9-5-8-14-6-3-2-4-7-14/h2-8,15-16,19-26,28,32-37H,9-13H2,1H3,(H,29,30)/t15-,16-,19+,20+,21+,22+,23-,24-,25+,26-,27-/m0/s1. The summed E-state index contributed by atoms with van der Waals surface area (Å²) in [4.78, 5) is 23.3. The smallest absolute Gasteiger partial charge is 0.308 e. The van der Waals surface area contributed by atoms with E-state index in [0.717, 1.165) is 12.5 Å². The molecule has 236 valence electrons. The van der Waals surface area contributed by atoms with E-state index < -0.39 is 105 Å². The van der Waals surface area contributed by atoms with Gasteiger partial charge in [-0.15, -0.1) is 0 Å². The fourth-order valence-electron chi connectivity index (χ4n) is 4.50. The molecule has 15 heteroatoms. The lowest BCUT2D eigenvalue weighted by Crippen LogP contribution is -2.64. The number of ether oxygens (including phenoxy) is 5. The van der Waals surface area contributed by atoms with E-state index in [9.17, 15) is 45.3 Å². The highest BCUT2D eigenvalue weighted by atomic mass is 16.7. The van der Waals surface area contributed by atoms with Gasteiger partial charge >= 0.3 is 11.9 Å². The van der Waals surface area contributed by atoms with Gasteiger partial charge < -0.3 is 64.5 Å². The van der Waals surface area contributed by atoms with Gasteiger partial charge in [-0.2, -0.15) is 0 Å². The van der Waals surface area contributed by atoms with Crippen molar-refractivity contribution in [1.29, 1.82) is 0 Å². The van der Waals surface area contributed by atoms with Gasteiger partial charge in [0.25, 0.3) is 0 Å². The van der Waals surface area contributed by atoms with Crippen molar-refractivity contribution in [1.82, 2.24) is 0 Å². The number of aliphatic carboxylic acids is 1. The molecule has 8 N–H and O–H groups in total. The molecule has 0 radical (unpaired) electrons. The summed E-state index contributed by atoms with van der Waals surface area (Å²) in [6, 6.07) is 9.24. The topological polar surface area (TPSA) is 242 Å². The number of carbonyl (C=O) groups is 2. The third-order valence-corrected chi connectivity index (χ3v) is 6.71. The molecule has 0 spiro atoms. The molecule has 0 bridgehead atoms. The van der Waals surface area contributed by atoms with Gasteiger partial charge in [0.15, 0.2) is 12.6 Å². The van der Waals surface area contributed by atoms with Gasteiger partial charge in [-0.05, 0) is 12.5 Å². The predicted octanol–water partition coefficient (Wildman–Crippen LogP) is -2.49. The zero-order valence-electron chi connectivity index (χ0n) is 22.8. The molecule has 2 saturated heterocycles. The van der Waals surface area contributed by atoms with E-state index in [1.807, 2.05) is 30.3 Å². The summed E-state index contributed by atoms with van der Waals surface area (Å²) in [6.45, 7) is -0.321. The molecule has 2 aliphatic rings. The first-order valence-electron chi connectivity index (χ1n) is 13.2. The lowest BCUT2D eigenvalue weighted by Gasteiger charge is -2.46. The van der Waals surface area contributed by atoms with Crippen molar-refractivity contribution >= 4 is 18.0 Å². The van der Waals surface area contributed by atoms with E-state index in [4.69, 9.17) is 28.8 Å². The van der Waals surface area contributed by atoms with Gasteiger partial charge in [0.1, 0.15) is 55.4 Å². The van der Waals surface area contributed by atoms with Crippen LogP contribution in [0.15, 0.2) is 36.4 Å². The summed E-state index contributed by atoms with van der Waals surface area (Å²) in [6.07, 6.45) is -14.3. The second-order valence-electron chi connectivity index (χ2n) is 10.4. The van der Waals surface area contributed by atoms with Crippen LogP contribution in [0.1, 0.15) is 25.3 Å². The Hall–Kier alpha value is -2.54. The number of carbonyl (C=O) groups excluding carboxylic acids is 1. The number of aliphatic hydroxyl groups excluding tert-OH is 6. The number of esters is 1. The first-order chi connectivity index (χ1) is 19.8. The average molecular weight is 603 g/mol. The minimum atomic E-state index is -1.92. The first-order valence-corrected chi connectivity index (χ1v) is 13.2. The van der Waals surface area contributed by atoms with Crippen molar-refractivity contribution in [2.24, 2.45) is 0 Å². The largest absolute Gasteiger partial charge is 0.481 e. The summed E-state index contributed by atoms with van der Waals surface area (Å²) >= 11 is 0. The SMILES string of the molecule is C[C@](O)(CC(=O)O)CC(=O)OC[C@@H]1O[C@@H](OCC=Cc2ccccc2)[C@@H](O)[C@@H](O)[C@H]1O[C@@H]1O[C@@H](CO)[C@@H](O)[C@@H](O)[C@H]1O. The van der Waals surface area contributed by atoms with Crippen molar-refractivity contribution < 1.29 is 74.1 Å². The zero-order valence-corrected chi connectivity index (χ0v) is 22.8. The van der Waals surface area contributed by atoms with Crippen molar-refractivity contribution in [3.63, 3.8) is 0 Å². The molecule has 11 atom stereocenters. The molecule has 2 aliphatic heterocycles. The van der Waals surface area contributed by atoms with E-state index in [2.05, 4.69) is 0 Å². The summed E-state index contributed by atoms with van der Waals surface area (Å²) in [5.41, 5.74) is -1.04. The summed E-state index contributed by atoms with van der Waals surface area (Å²) in [5.74, 6) is -2.35. The van der Waals surface area contributed by atoms with Crippen molar-refractivity contribution in [2.75, 3.05) is 19.8 Å². The fourth-order valence-corrected chi connectivity index (χ4v) is 4.50. The third-order valence-electron chi connectivity index (χ3n) is 6.71. The Kier molecular flexibility index (Phi) is 12.3. The molecule has 0 unspecified atom stereocenters. The molecular formula is C27H38O15. The van der Waals surface area contributed by atoms with Crippen LogP contribution in [0, 0.1) is 0 Å². The van der Waals surface area contributed by atoms with Crippen molar-refractivity contribution in [3.05, 3.63) is 42.0 Å². The summed E-state index contributed by atoms with van der Waals surface area (Å²) < 4.78 is 27.4. The predicted molar refractivity (Wildman–Crippen MR) is 139 cm³/mol. The molecular weight excluding hydrogens is 564 g/mol. The van der Waals surface area contributed by atoms with Crippen LogP contribution in [0.2, 0.25) is 0 Å². The molecule has 1 aromatic rings. The molecule has 42 heavy (non-hydrogen) atoms. The Labute approximate surface area is 241 Å². The quantitative estimate of drug-likeness (QED) is 0.109. The Bertz CT molecular complexity index is 1030. The summed E-state index contributed by atoms with van der Waals surface area (Å²) in [7, 11) is 0. The highest BCUT2D eigenvalue weighted by molar-refractivity contribution is 5.73. The van der Waals surface area contributed by atoms with Gasteiger partial charge in [0, 0.05) is 0 Å². The Balaban J connectivity index is 1.72. The highest BCUT2D eigenvalue weighted by Crippen LogP contribution is 2.30. The number of hydrogen-bond donors (Lipinski definition) is 8. The first kappa shape index (κ1) is 34.0. The van der Waals surface area contributed by atoms with Crippen LogP contribution in [0.5, 0.6) is 0 Å². The maximum absolute atomic E-state index is 12.4. The molecule has 0 amide bonds. The maximum Gasteiger partial charge on any atom is 0.308 e. The van der Waals surface area contributed by atoms with Crippen LogP contribution in [-0.4, -0.2) is 140 Å². The van der Waals surface area contributed by atoms with E-state index in [-0.39, 0.29) is 6.61 Å². The highest BCUT2D eigenvalue weighted by Gasteiger charge is 2.51. The number of aliphatic hydroxyl groups is 7. The Morgan fingerprint density at radius 2 is 1.55 bits per heavy atom. The molecule has 2 heterocycles. The van der Waals surface area contributed by atoms with Crippen molar-refractivity contribution in [3.8, 4) is 0 Å². The van der Waals surface area contributed by atoms with Crippen LogP contribution >= 0.6 is 0 Å². The second-order valence-corrected chi connectivity index (χ2v) is 10.4. The van der Waals surface area contributed by atoms with Gasteiger partial charge in [-0.25, -0.2) is 0 Å². The minimum absolute atomic E-state index is 0.0634. The van der Waals surface area contributed by atoms with Crippen LogP contribution in [-0.2, 0) is 33.3 Å². The average Bonchev–Trinajstić information content (AvgIpc) is 2.93. The third kappa shape index (κ3) is 9.23. The van der Waals surface area contributed by atoms with Gasteiger partial charge in [-0.1, -0.05) is 42.5 Å². The van der Waals surface area contributed by atoms with Gasteiger partial charge in [0.05, 0.1) is 31.7 Å².